The molecule has 5 heteroatoms. The summed E-state index contributed by atoms with van der Waals surface area (Å²) in [7, 11) is 0. The number of nitrogens with one attached hydrogen (secondary N) is 2. The van der Waals surface area contributed by atoms with Gasteiger partial charge in [0.15, 0.2) is 5.82 Å². The normalized spacial score (nSPS) is 13.6. The van der Waals surface area contributed by atoms with E-state index in [1.54, 1.807) is 0 Å². The predicted octanol–water partition coefficient (Wildman–Crippen LogP) is 4.15. The molecule has 1 aliphatic carbocycles. The first-order valence-corrected chi connectivity index (χ1v) is 8.97. The highest BCUT2D eigenvalue weighted by Crippen LogP contribution is 2.38. The van der Waals surface area contributed by atoms with E-state index in [0.717, 1.165) is 33.8 Å². The number of anilines is 1. The Morgan fingerprint density at radius 3 is 2.85 bits per heavy atom. The van der Waals surface area contributed by atoms with Crippen LogP contribution in [0.4, 0.5) is 5.69 Å². The second-order valence-electron chi connectivity index (χ2n) is 7.05. The summed E-state index contributed by atoms with van der Waals surface area (Å²) in [6, 6.07) is 13.9. The summed E-state index contributed by atoms with van der Waals surface area (Å²) in [5.74, 6) is 2.16. The fourth-order valence-electron chi connectivity index (χ4n) is 3.05. The van der Waals surface area contributed by atoms with Crippen molar-refractivity contribution in [2.24, 2.45) is 0 Å². The van der Waals surface area contributed by atoms with Crippen LogP contribution in [-0.2, 0) is 11.2 Å². The van der Waals surface area contributed by atoms with Crippen molar-refractivity contribution in [2.45, 2.75) is 39.0 Å². The zero-order valence-corrected chi connectivity index (χ0v) is 15.0. The Bertz CT molecular complexity index is 956. The number of rotatable bonds is 5. The van der Waals surface area contributed by atoms with Gasteiger partial charge in [-0.25, -0.2) is 4.98 Å². The van der Waals surface area contributed by atoms with E-state index >= 15 is 0 Å². The van der Waals surface area contributed by atoms with Gasteiger partial charge in [-0.3, -0.25) is 9.89 Å². The van der Waals surface area contributed by atoms with Crippen LogP contribution in [0.15, 0.2) is 42.5 Å². The highest BCUT2D eigenvalue weighted by atomic mass is 16.1. The van der Waals surface area contributed by atoms with Gasteiger partial charge in [0, 0.05) is 17.2 Å². The van der Waals surface area contributed by atoms with Crippen molar-refractivity contribution in [3.8, 4) is 11.4 Å². The average Bonchev–Trinajstić information content (AvgIpc) is 3.35. The zero-order chi connectivity index (χ0) is 18.1. The van der Waals surface area contributed by atoms with Gasteiger partial charge < -0.3 is 5.32 Å². The summed E-state index contributed by atoms with van der Waals surface area (Å²) < 4.78 is 0. The topological polar surface area (TPSA) is 70.7 Å². The second-order valence-corrected chi connectivity index (χ2v) is 7.05. The molecule has 26 heavy (non-hydrogen) atoms. The molecule has 0 saturated heterocycles. The minimum Gasteiger partial charge on any atom is -0.326 e. The first kappa shape index (κ1) is 16.5. The molecular formula is C21H22N4O. The molecule has 5 nitrogen and oxygen atoms in total. The molecule has 1 heterocycles. The van der Waals surface area contributed by atoms with Crippen LogP contribution in [0.3, 0.4) is 0 Å². The smallest absolute Gasteiger partial charge is 0.228 e. The fourth-order valence-corrected chi connectivity index (χ4v) is 3.05. The fraction of sp³-hybridized carbons (Fsp3) is 0.286. The lowest BCUT2D eigenvalue weighted by Gasteiger charge is -2.09. The molecule has 1 amide bonds. The Labute approximate surface area is 152 Å². The summed E-state index contributed by atoms with van der Waals surface area (Å²) in [6.07, 6.45) is 2.73. The van der Waals surface area contributed by atoms with Crippen LogP contribution >= 0.6 is 0 Å². The van der Waals surface area contributed by atoms with Gasteiger partial charge in [-0.05, 0) is 49.9 Å². The molecule has 0 unspecified atom stereocenters. The SMILES string of the molecule is Cc1ccc(C)c(CC(=O)Nc2cccc(-c3n[nH]c(C4CC4)n3)c2)c1. The van der Waals surface area contributed by atoms with Gasteiger partial charge in [-0.2, -0.15) is 5.10 Å². The molecule has 1 saturated carbocycles. The molecule has 0 bridgehead atoms. The predicted molar refractivity (Wildman–Crippen MR) is 102 cm³/mol. The maximum atomic E-state index is 12.4. The lowest BCUT2D eigenvalue weighted by Crippen LogP contribution is -2.15. The van der Waals surface area contributed by atoms with E-state index in [2.05, 4.69) is 38.7 Å². The highest BCUT2D eigenvalue weighted by Gasteiger charge is 2.27. The maximum Gasteiger partial charge on any atom is 0.228 e. The van der Waals surface area contributed by atoms with Gasteiger partial charge in [-0.1, -0.05) is 35.9 Å². The molecule has 0 spiro atoms. The van der Waals surface area contributed by atoms with Gasteiger partial charge in [0.25, 0.3) is 0 Å². The van der Waals surface area contributed by atoms with Crippen LogP contribution in [0.1, 0.15) is 41.3 Å². The zero-order valence-electron chi connectivity index (χ0n) is 15.0. The third-order valence-corrected chi connectivity index (χ3v) is 4.73. The molecule has 4 rings (SSSR count). The molecule has 132 valence electrons. The molecule has 1 aliphatic rings. The molecule has 0 atom stereocenters. The van der Waals surface area contributed by atoms with E-state index in [4.69, 9.17) is 0 Å². The third kappa shape index (κ3) is 3.67. The van der Waals surface area contributed by atoms with Crippen molar-refractivity contribution in [1.82, 2.24) is 15.2 Å². The Hall–Kier alpha value is -2.95. The van der Waals surface area contributed by atoms with Crippen LogP contribution in [0, 0.1) is 13.8 Å². The monoisotopic (exact) mass is 346 g/mol. The molecule has 3 aromatic rings. The Morgan fingerprint density at radius 2 is 2.04 bits per heavy atom. The number of H-pyrrole nitrogens is 1. The number of aromatic nitrogens is 3. The van der Waals surface area contributed by atoms with Crippen LogP contribution in [0.2, 0.25) is 0 Å². The molecule has 0 aliphatic heterocycles. The first-order chi connectivity index (χ1) is 12.6. The summed E-state index contributed by atoms with van der Waals surface area (Å²) in [5, 5.41) is 10.3. The van der Waals surface area contributed by atoms with Crippen molar-refractivity contribution in [3.05, 3.63) is 65.0 Å². The number of aromatic amines is 1. The van der Waals surface area contributed by atoms with Gasteiger partial charge in [0.1, 0.15) is 5.82 Å². The highest BCUT2D eigenvalue weighted by molar-refractivity contribution is 5.93. The van der Waals surface area contributed by atoms with Crippen LogP contribution < -0.4 is 5.32 Å². The van der Waals surface area contributed by atoms with E-state index < -0.39 is 0 Å². The lowest BCUT2D eigenvalue weighted by atomic mass is 10.0. The van der Waals surface area contributed by atoms with Gasteiger partial charge in [0.2, 0.25) is 5.91 Å². The van der Waals surface area contributed by atoms with Crippen LogP contribution in [0.25, 0.3) is 11.4 Å². The maximum absolute atomic E-state index is 12.4. The largest absolute Gasteiger partial charge is 0.326 e. The Morgan fingerprint density at radius 1 is 1.19 bits per heavy atom. The summed E-state index contributed by atoms with van der Waals surface area (Å²) in [6.45, 7) is 4.07. The van der Waals surface area contributed by atoms with E-state index in [1.807, 2.05) is 38.1 Å². The molecule has 1 aromatic heterocycles. The number of carbonyl (C=O) groups is 1. The van der Waals surface area contributed by atoms with Crippen molar-refractivity contribution >= 4 is 11.6 Å². The summed E-state index contributed by atoms with van der Waals surface area (Å²) in [5.41, 5.74) is 5.01. The third-order valence-electron chi connectivity index (χ3n) is 4.73. The van der Waals surface area contributed by atoms with Crippen LogP contribution in [0.5, 0.6) is 0 Å². The quantitative estimate of drug-likeness (QED) is 0.729. The lowest BCUT2D eigenvalue weighted by molar-refractivity contribution is -0.115. The number of nitrogens with zero attached hydrogens (tertiary/aromatic N) is 2. The van der Waals surface area contributed by atoms with E-state index in [0.29, 0.717) is 18.2 Å². The number of amides is 1. The Balaban J connectivity index is 1.47. The minimum atomic E-state index is -0.0236. The number of hydrogen-bond donors (Lipinski definition) is 2. The molecule has 0 radical (unpaired) electrons. The van der Waals surface area contributed by atoms with E-state index in [9.17, 15) is 4.79 Å². The van der Waals surface area contributed by atoms with Crippen molar-refractivity contribution in [2.75, 3.05) is 5.32 Å². The van der Waals surface area contributed by atoms with Crippen LogP contribution in [-0.4, -0.2) is 21.1 Å². The summed E-state index contributed by atoms with van der Waals surface area (Å²) >= 11 is 0. The van der Waals surface area contributed by atoms with Gasteiger partial charge >= 0.3 is 0 Å². The number of aryl methyl sites for hydroxylation is 2. The second kappa shape index (κ2) is 6.75. The summed E-state index contributed by atoms with van der Waals surface area (Å²) in [4.78, 5) is 17.0. The molecule has 2 aromatic carbocycles. The molecular weight excluding hydrogens is 324 g/mol. The van der Waals surface area contributed by atoms with Crippen molar-refractivity contribution in [1.29, 1.82) is 0 Å². The van der Waals surface area contributed by atoms with Gasteiger partial charge in [-0.15, -0.1) is 0 Å². The molecule has 2 N–H and O–H groups in total. The number of carbonyl (C=O) groups excluding carboxylic acids is 1. The standard InChI is InChI=1S/C21H22N4O/c1-13-6-7-14(2)17(10-13)12-19(26)22-18-5-3-4-16(11-18)21-23-20(24-25-21)15-8-9-15/h3-7,10-11,15H,8-9,12H2,1-2H3,(H,22,26)(H,23,24,25). The number of benzene rings is 2. The van der Waals surface area contributed by atoms with E-state index in [-0.39, 0.29) is 5.91 Å². The average molecular weight is 346 g/mol. The van der Waals surface area contributed by atoms with E-state index in [1.165, 1.54) is 12.8 Å². The van der Waals surface area contributed by atoms with Crippen molar-refractivity contribution in [3.63, 3.8) is 0 Å². The first-order valence-electron chi connectivity index (χ1n) is 8.97. The number of hydrogen-bond acceptors (Lipinski definition) is 3. The minimum absolute atomic E-state index is 0.0236. The Kier molecular flexibility index (Phi) is 4.29. The van der Waals surface area contributed by atoms with Gasteiger partial charge in [0.05, 0.1) is 6.42 Å². The van der Waals surface area contributed by atoms with Crippen molar-refractivity contribution < 1.29 is 4.79 Å². The molecule has 1 fully saturated rings.